The molecule has 0 fully saturated rings. The molecule has 4 rings (SSSR count). The molecule has 0 saturated heterocycles. The summed E-state index contributed by atoms with van der Waals surface area (Å²) in [6.07, 6.45) is 0. The van der Waals surface area contributed by atoms with Crippen molar-refractivity contribution in [1.29, 1.82) is 0 Å². The number of benzene rings is 3. The molecule has 0 saturated carbocycles. The molecule has 0 aliphatic carbocycles. The van der Waals surface area contributed by atoms with Crippen LogP contribution in [0.3, 0.4) is 0 Å². The number of hydrogen-bond donors (Lipinski definition) is 0. The molecule has 0 bridgehead atoms. The van der Waals surface area contributed by atoms with Gasteiger partial charge in [-0.05, 0) is 50.1 Å². The van der Waals surface area contributed by atoms with Crippen LogP contribution in [-0.2, 0) is 11.3 Å². The largest absolute Gasteiger partial charge is 0.326 e. The number of aryl methyl sites for hydroxylation is 2. The van der Waals surface area contributed by atoms with E-state index in [1.165, 1.54) is 0 Å². The van der Waals surface area contributed by atoms with Crippen LogP contribution in [0.15, 0.2) is 77.6 Å². The molecule has 7 heteroatoms. The molecule has 1 heterocycles. The molecule has 1 amide bonds. The number of rotatable bonds is 6. The zero-order valence-corrected chi connectivity index (χ0v) is 20.7. The lowest BCUT2D eigenvalue weighted by Crippen LogP contribution is -2.39. The summed E-state index contributed by atoms with van der Waals surface area (Å²) in [5.74, 6) is -0.0109. The number of nitrogens with zero attached hydrogens (tertiary/aromatic N) is 3. The average molecular weight is 494 g/mol. The molecule has 0 aliphatic rings. The van der Waals surface area contributed by atoms with E-state index in [1.54, 1.807) is 21.6 Å². The van der Waals surface area contributed by atoms with Gasteiger partial charge in [0.05, 0.1) is 22.6 Å². The first-order valence-corrected chi connectivity index (χ1v) is 11.9. The number of carbonyl (C=O) groups is 1. The zero-order valence-electron chi connectivity index (χ0n) is 19.2. The van der Waals surface area contributed by atoms with E-state index >= 15 is 0 Å². The van der Waals surface area contributed by atoms with E-state index in [2.05, 4.69) is 0 Å². The summed E-state index contributed by atoms with van der Waals surface area (Å²) in [6, 6.07) is 22.1. The van der Waals surface area contributed by atoms with E-state index in [9.17, 15) is 9.59 Å². The van der Waals surface area contributed by atoms with E-state index < -0.39 is 16.8 Å². The number of para-hydroxylation sites is 1. The molecule has 174 valence electrons. The average Bonchev–Trinajstić information content (AvgIpc) is 2.83. The second kappa shape index (κ2) is 10.00. The Morgan fingerprint density at radius 1 is 1.00 bits per heavy atom. The molecule has 0 radical (unpaired) electrons. The Hall–Kier alpha value is -3.15. The van der Waals surface area contributed by atoms with Crippen LogP contribution in [0, 0.1) is 13.8 Å². The highest BCUT2D eigenvalue weighted by Crippen LogP contribution is 2.27. The number of fused-ring (bicyclic) bond motifs is 1. The Balaban J connectivity index is 1.95. The van der Waals surface area contributed by atoms with E-state index in [0.717, 1.165) is 22.4 Å². The van der Waals surface area contributed by atoms with Crippen LogP contribution in [0.5, 0.6) is 0 Å². The van der Waals surface area contributed by atoms with Crippen LogP contribution in [0.2, 0.25) is 0 Å². The predicted octanol–water partition coefficient (Wildman–Crippen LogP) is 5.90. The van der Waals surface area contributed by atoms with Crippen molar-refractivity contribution in [3.63, 3.8) is 0 Å². The van der Waals surface area contributed by atoms with Gasteiger partial charge < -0.3 is 4.90 Å². The van der Waals surface area contributed by atoms with E-state index in [4.69, 9.17) is 28.2 Å². The Labute approximate surface area is 208 Å². The van der Waals surface area contributed by atoms with Gasteiger partial charge in [-0.25, -0.2) is 4.98 Å². The van der Waals surface area contributed by atoms with Crippen LogP contribution in [0.1, 0.15) is 35.5 Å². The van der Waals surface area contributed by atoms with Crippen molar-refractivity contribution in [2.45, 2.75) is 38.2 Å². The highest BCUT2D eigenvalue weighted by molar-refractivity contribution is 6.53. The van der Waals surface area contributed by atoms with Crippen molar-refractivity contribution in [2.24, 2.45) is 0 Å². The smallest absolute Gasteiger partial charge is 0.266 e. The van der Waals surface area contributed by atoms with Crippen molar-refractivity contribution >= 4 is 40.0 Å². The fraction of sp³-hybridized carbons (Fsp3) is 0.222. The number of amides is 1. The minimum absolute atomic E-state index is 0.195. The minimum Gasteiger partial charge on any atom is -0.326 e. The summed E-state index contributed by atoms with van der Waals surface area (Å²) in [5, 5.41) is 0.506. The molecule has 1 aromatic heterocycles. The SMILES string of the molecule is Cc1ccc(-n2c(C(C)N(Cc3ccccc3)C(=O)C(Cl)Cl)nc3ccccc3c2=O)c(C)c1. The van der Waals surface area contributed by atoms with Crippen LogP contribution in [0.25, 0.3) is 16.6 Å². The molecule has 1 unspecified atom stereocenters. The first-order chi connectivity index (χ1) is 16.3. The molecule has 0 aliphatic heterocycles. The Kier molecular flexibility index (Phi) is 7.05. The third-order valence-electron chi connectivity index (χ3n) is 5.90. The van der Waals surface area contributed by atoms with Gasteiger partial charge in [0.1, 0.15) is 5.82 Å². The van der Waals surface area contributed by atoms with Gasteiger partial charge >= 0.3 is 0 Å². The summed E-state index contributed by atoms with van der Waals surface area (Å²) < 4.78 is 1.60. The summed E-state index contributed by atoms with van der Waals surface area (Å²) in [6.45, 7) is 6.07. The molecular weight excluding hydrogens is 469 g/mol. The first kappa shape index (κ1) is 24.0. The highest BCUT2D eigenvalue weighted by Gasteiger charge is 2.30. The summed E-state index contributed by atoms with van der Waals surface area (Å²) >= 11 is 12.1. The molecule has 3 aromatic carbocycles. The number of hydrogen-bond acceptors (Lipinski definition) is 3. The van der Waals surface area contributed by atoms with Crippen molar-refractivity contribution in [1.82, 2.24) is 14.5 Å². The van der Waals surface area contributed by atoms with Gasteiger partial charge in [0.2, 0.25) is 0 Å². The molecule has 0 N–H and O–H groups in total. The maximum atomic E-state index is 13.7. The van der Waals surface area contributed by atoms with Crippen molar-refractivity contribution in [3.8, 4) is 5.69 Å². The van der Waals surface area contributed by atoms with Gasteiger partial charge in [-0.3, -0.25) is 14.2 Å². The van der Waals surface area contributed by atoms with E-state index in [0.29, 0.717) is 16.7 Å². The van der Waals surface area contributed by atoms with Gasteiger partial charge in [-0.15, -0.1) is 0 Å². The topological polar surface area (TPSA) is 55.2 Å². The van der Waals surface area contributed by atoms with Crippen molar-refractivity contribution < 1.29 is 4.79 Å². The first-order valence-electron chi connectivity index (χ1n) is 11.0. The van der Waals surface area contributed by atoms with Gasteiger partial charge in [-0.1, -0.05) is 83.4 Å². The Bertz CT molecular complexity index is 1400. The van der Waals surface area contributed by atoms with Gasteiger partial charge in [0, 0.05) is 6.54 Å². The zero-order chi connectivity index (χ0) is 24.4. The maximum Gasteiger partial charge on any atom is 0.266 e. The number of halogens is 2. The molecular formula is C27H25Cl2N3O2. The molecule has 5 nitrogen and oxygen atoms in total. The second-order valence-corrected chi connectivity index (χ2v) is 9.44. The Morgan fingerprint density at radius 2 is 1.68 bits per heavy atom. The lowest BCUT2D eigenvalue weighted by atomic mass is 10.1. The monoisotopic (exact) mass is 493 g/mol. The Morgan fingerprint density at radius 3 is 2.35 bits per heavy atom. The van der Waals surface area contributed by atoms with Crippen LogP contribution in [0.4, 0.5) is 0 Å². The standard InChI is InChI=1S/C27H25Cl2N3O2/c1-17-13-14-23(18(2)15-17)32-25(30-22-12-8-7-11-21(22)26(32)33)19(3)31(27(34)24(28)29)16-20-9-5-4-6-10-20/h4-15,19,24H,16H2,1-3H3. The molecule has 34 heavy (non-hydrogen) atoms. The fourth-order valence-corrected chi connectivity index (χ4v) is 4.42. The lowest BCUT2D eigenvalue weighted by Gasteiger charge is -2.31. The molecule has 4 aromatic rings. The third kappa shape index (κ3) is 4.72. The maximum absolute atomic E-state index is 13.7. The van der Waals surface area contributed by atoms with Crippen LogP contribution < -0.4 is 5.56 Å². The van der Waals surface area contributed by atoms with E-state index in [-0.39, 0.29) is 12.1 Å². The molecule has 0 spiro atoms. The van der Waals surface area contributed by atoms with Gasteiger partial charge in [0.25, 0.3) is 11.5 Å². The number of carbonyl (C=O) groups excluding carboxylic acids is 1. The number of alkyl halides is 2. The quantitative estimate of drug-likeness (QED) is 0.314. The van der Waals surface area contributed by atoms with Gasteiger partial charge in [-0.2, -0.15) is 0 Å². The van der Waals surface area contributed by atoms with Crippen LogP contribution >= 0.6 is 23.2 Å². The fourth-order valence-electron chi connectivity index (χ4n) is 4.17. The lowest BCUT2D eigenvalue weighted by molar-refractivity contribution is -0.132. The normalized spacial score (nSPS) is 12.2. The van der Waals surface area contributed by atoms with E-state index in [1.807, 2.05) is 81.4 Å². The van der Waals surface area contributed by atoms with Crippen molar-refractivity contribution in [2.75, 3.05) is 0 Å². The highest BCUT2D eigenvalue weighted by atomic mass is 35.5. The minimum atomic E-state index is -1.24. The third-order valence-corrected chi connectivity index (χ3v) is 6.27. The summed E-state index contributed by atoms with van der Waals surface area (Å²) in [4.78, 5) is 32.0. The second-order valence-electron chi connectivity index (χ2n) is 8.35. The summed E-state index contributed by atoms with van der Waals surface area (Å²) in [7, 11) is 0. The van der Waals surface area contributed by atoms with Crippen molar-refractivity contribution in [3.05, 3.63) is 106 Å². The van der Waals surface area contributed by atoms with Gasteiger partial charge in [0.15, 0.2) is 4.84 Å². The summed E-state index contributed by atoms with van der Waals surface area (Å²) in [5.41, 5.74) is 4.02. The molecule has 1 atom stereocenters. The number of aromatic nitrogens is 2. The van der Waals surface area contributed by atoms with Crippen LogP contribution in [-0.4, -0.2) is 25.2 Å². The predicted molar refractivity (Wildman–Crippen MR) is 138 cm³/mol.